The highest BCUT2D eigenvalue weighted by Gasteiger charge is 2.68. The van der Waals surface area contributed by atoms with Gasteiger partial charge < -0.3 is 10.1 Å². The van der Waals surface area contributed by atoms with Crippen LogP contribution in [0.15, 0.2) is 24.3 Å². The number of ketones is 1. The Bertz CT molecular complexity index is 733. The van der Waals surface area contributed by atoms with Gasteiger partial charge in [0.1, 0.15) is 5.92 Å². The highest BCUT2D eigenvalue weighted by Crippen LogP contribution is 2.59. The van der Waals surface area contributed by atoms with E-state index in [1.807, 2.05) is 6.07 Å². The second-order valence-corrected chi connectivity index (χ2v) is 7.59. The predicted octanol–water partition coefficient (Wildman–Crippen LogP) is 1.57. The summed E-state index contributed by atoms with van der Waals surface area (Å²) in [7, 11) is 1.39. The zero-order valence-electron chi connectivity index (χ0n) is 13.8. The summed E-state index contributed by atoms with van der Waals surface area (Å²) in [6.45, 7) is 2.07. The lowest BCUT2D eigenvalue weighted by atomic mass is 9.56. The molecule has 2 saturated heterocycles. The van der Waals surface area contributed by atoms with E-state index in [1.54, 1.807) is 0 Å². The Morgan fingerprint density at radius 2 is 2.17 bits per heavy atom. The van der Waals surface area contributed by atoms with Crippen LogP contribution >= 0.6 is 0 Å². The zero-order chi connectivity index (χ0) is 16.5. The molecular weight excluding hydrogens is 304 g/mol. The summed E-state index contributed by atoms with van der Waals surface area (Å²) >= 11 is 0. The molecule has 0 aromatic heterocycles. The van der Waals surface area contributed by atoms with Crippen molar-refractivity contribution in [1.82, 2.24) is 4.90 Å². The average molecular weight is 326 g/mol. The molecule has 0 unspecified atom stereocenters. The molecule has 126 valence electrons. The van der Waals surface area contributed by atoms with Crippen LogP contribution < -0.4 is 5.32 Å². The summed E-state index contributed by atoms with van der Waals surface area (Å²) in [4.78, 5) is 28.2. The molecule has 1 aromatic rings. The smallest absolute Gasteiger partial charge is 0.318 e. The molecule has 1 aliphatic carbocycles. The Morgan fingerprint density at radius 3 is 3.00 bits per heavy atom. The molecule has 0 amide bonds. The fourth-order valence-corrected chi connectivity index (χ4v) is 6.04. The van der Waals surface area contributed by atoms with Crippen molar-refractivity contribution in [3.63, 3.8) is 0 Å². The molecule has 3 fully saturated rings. The standard InChI is InChI=1S/C19H22N2O3/c1-24-18(23)14-15(22)11-5-4-9-21-10-8-19(17(11)21)12-6-2-3-7-13(12)20-16(14)19/h2-3,6-7,11,14,16-17,20H,4-5,8-10H2,1H3/t11-,14-,16-,17-,19-/m0/s1. The molecule has 1 saturated carbocycles. The Labute approximate surface area is 141 Å². The number of esters is 1. The van der Waals surface area contributed by atoms with Crippen LogP contribution in [-0.4, -0.2) is 48.9 Å². The highest BCUT2D eigenvalue weighted by atomic mass is 16.5. The first kappa shape index (κ1) is 14.5. The number of anilines is 1. The summed E-state index contributed by atoms with van der Waals surface area (Å²) in [6, 6.07) is 8.38. The van der Waals surface area contributed by atoms with Crippen molar-refractivity contribution in [1.29, 1.82) is 0 Å². The van der Waals surface area contributed by atoms with Crippen LogP contribution in [0.25, 0.3) is 0 Å². The first-order valence-electron chi connectivity index (χ1n) is 8.90. The van der Waals surface area contributed by atoms with Crippen molar-refractivity contribution < 1.29 is 14.3 Å². The number of carbonyl (C=O) groups is 2. The first-order valence-corrected chi connectivity index (χ1v) is 8.90. The largest absolute Gasteiger partial charge is 0.468 e. The lowest BCUT2D eigenvalue weighted by Crippen LogP contribution is -2.66. The van der Waals surface area contributed by atoms with Crippen molar-refractivity contribution in [3.8, 4) is 0 Å². The van der Waals surface area contributed by atoms with Crippen molar-refractivity contribution in [2.24, 2.45) is 11.8 Å². The number of rotatable bonds is 1. The summed E-state index contributed by atoms with van der Waals surface area (Å²) in [5.41, 5.74) is 2.22. The molecule has 5 atom stereocenters. The summed E-state index contributed by atoms with van der Waals surface area (Å²) in [6.07, 6.45) is 2.93. The maximum Gasteiger partial charge on any atom is 0.318 e. The topological polar surface area (TPSA) is 58.6 Å². The number of piperidine rings is 1. The van der Waals surface area contributed by atoms with E-state index >= 15 is 0 Å². The fraction of sp³-hybridized carbons (Fsp3) is 0.579. The Balaban J connectivity index is 1.73. The number of hydrogen-bond donors (Lipinski definition) is 1. The van der Waals surface area contributed by atoms with E-state index < -0.39 is 5.92 Å². The summed E-state index contributed by atoms with van der Waals surface area (Å²) in [5.74, 6) is -1.04. The van der Waals surface area contributed by atoms with Gasteiger partial charge in [0, 0.05) is 23.1 Å². The van der Waals surface area contributed by atoms with E-state index in [-0.39, 0.29) is 35.2 Å². The van der Waals surface area contributed by atoms with E-state index in [0.29, 0.717) is 0 Å². The van der Waals surface area contributed by atoms with Gasteiger partial charge in [0.2, 0.25) is 0 Å². The number of methoxy groups -OCH3 is 1. The minimum Gasteiger partial charge on any atom is -0.468 e. The number of nitrogens with zero attached hydrogens (tertiary/aromatic N) is 1. The van der Waals surface area contributed by atoms with Gasteiger partial charge in [-0.15, -0.1) is 0 Å². The summed E-state index contributed by atoms with van der Waals surface area (Å²) in [5, 5.41) is 3.54. The van der Waals surface area contributed by atoms with E-state index in [0.717, 1.165) is 38.0 Å². The Morgan fingerprint density at radius 1 is 1.33 bits per heavy atom. The van der Waals surface area contributed by atoms with Crippen LogP contribution in [0, 0.1) is 11.8 Å². The number of nitrogens with one attached hydrogen (secondary N) is 1. The maximum atomic E-state index is 13.2. The number of Topliss-reactive ketones (excluding diaryl/α,β-unsaturated/α-hetero) is 1. The van der Waals surface area contributed by atoms with Crippen LogP contribution in [-0.2, 0) is 19.7 Å². The molecule has 5 rings (SSSR count). The first-order chi connectivity index (χ1) is 11.7. The van der Waals surface area contributed by atoms with Gasteiger partial charge in [-0.1, -0.05) is 18.2 Å². The normalized spacial score (nSPS) is 39.6. The monoisotopic (exact) mass is 326 g/mol. The van der Waals surface area contributed by atoms with Crippen LogP contribution in [0.4, 0.5) is 5.69 Å². The van der Waals surface area contributed by atoms with Crippen molar-refractivity contribution in [2.75, 3.05) is 25.5 Å². The molecule has 3 aliphatic heterocycles. The molecule has 4 aliphatic rings. The molecule has 0 radical (unpaired) electrons. The van der Waals surface area contributed by atoms with E-state index in [2.05, 4.69) is 28.4 Å². The van der Waals surface area contributed by atoms with Gasteiger partial charge >= 0.3 is 5.97 Å². The number of benzene rings is 1. The maximum absolute atomic E-state index is 13.2. The predicted molar refractivity (Wildman–Crippen MR) is 88.7 cm³/mol. The minimum absolute atomic E-state index is 0.0467. The quantitative estimate of drug-likeness (QED) is 0.627. The number of ether oxygens (including phenoxy) is 1. The molecule has 24 heavy (non-hydrogen) atoms. The Hall–Kier alpha value is -1.88. The fourth-order valence-electron chi connectivity index (χ4n) is 6.04. The van der Waals surface area contributed by atoms with Gasteiger partial charge in [-0.05, 0) is 44.0 Å². The number of carbonyl (C=O) groups excluding carboxylic acids is 2. The SMILES string of the molecule is COC(=O)[C@H]1C(=O)[C@@H]2CCCN3CC[C@@]4(c5ccccc5N[C@@H]14)[C@H]23. The van der Waals surface area contributed by atoms with Crippen molar-refractivity contribution in [2.45, 2.75) is 36.8 Å². The third-order valence-electron chi connectivity index (χ3n) is 6.83. The van der Waals surface area contributed by atoms with Crippen molar-refractivity contribution in [3.05, 3.63) is 29.8 Å². The van der Waals surface area contributed by atoms with Gasteiger partial charge in [-0.2, -0.15) is 0 Å². The van der Waals surface area contributed by atoms with E-state index in [9.17, 15) is 9.59 Å². The lowest BCUT2D eigenvalue weighted by molar-refractivity contribution is -0.156. The molecule has 1 aromatic carbocycles. The van der Waals surface area contributed by atoms with Crippen molar-refractivity contribution >= 4 is 17.4 Å². The van der Waals surface area contributed by atoms with E-state index in [1.165, 1.54) is 12.7 Å². The highest BCUT2D eigenvalue weighted by molar-refractivity contribution is 6.04. The second kappa shape index (κ2) is 4.82. The van der Waals surface area contributed by atoms with Crippen LogP contribution in [0.1, 0.15) is 24.8 Å². The van der Waals surface area contributed by atoms with Crippen LogP contribution in [0.3, 0.4) is 0 Å². The third kappa shape index (κ3) is 1.54. The molecule has 1 N–H and O–H groups in total. The van der Waals surface area contributed by atoms with E-state index in [4.69, 9.17) is 4.74 Å². The molecule has 5 heteroatoms. The second-order valence-electron chi connectivity index (χ2n) is 7.59. The molecule has 3 heterocycles. The lowest BCUT2D eigenvalue weighted by Gasteiger charge is -2.51. The molecule has 1 spiro atoms. The van der Waals surface area contributed by atoms with Gasteiger partial charge in [0.15, 0.2) is 5.78 Å². The third-order valence-corrected chi connectivity index (χ3v) is 6.83. The minimum atomic E-state index is -0.693. The zero-order valence-corrected chi connectivity index (χ0v) is 13.8. The van der Waals surface area contributed by atoms with Crippen LogP contribution in [0.5, 0.6) is 0 Å². The molecular formula is C19H22N2O3. The van der Waals surface area contributed by atoms with Gasteiger partial charge in [-0.25, -0.2) is 0 Å². The van der Waals surface area contributed by atoms with Crippen LogP contribution in [0.2, 0.25) is 0 Å². The number of fused-ring (bicyclic) bond motifs is 1. The Kier molecular flexibility index (Phi) is 2.90. The van der Waals surface area contributed by atoms with Gasteiger partial charge in [-0.3, -0.25) is 14.5 Å². The molecule has 5 nitrogen and oxygen atoms in total. The van der Waals surface area contributed by atoms with Gasteiger partial charge in [0.25, 0.3) is 0 Å². The molecule has 0 bridgehead atoms. The van der Waals surface area contributed by atoms with Gasteiger partial charge in [0.05, 0.1) is 13.2 Å². The average Bonchev–Trinajstić information content (AvgIpc) is 3.16. The summed E-state index contributed by atoms with van der Waals surface area (Å²) < 4.78 is 5.04. The number of hydrogen-bond acceptors (Lipinski definition) is 5. The number of para-hydroxylation sites is 1.